The summed E-state index contributed by atoms with van der Waals surface area (Å²) in [4.78, 5) is 25.4. The number of carbonyl (C=O) groups excluding carboxylic acids is 2. The van der Waals surface area contributed by atoms with Crippen molar-refractivity contribution in [2.24, 2.45) is 0 Å². The lowest BCUT2D eigenvalue weighted by atomic mass is 10.1. The Kier molecular flexibility index (Phi) is 3.42. The Bertz CT molecular complexity index is 518. The van der Waals surface area contributed by atoms with Crippen LogP contribution < -0.4 is 0 Å². The molecule has 3 atom stereocenters. The van der Waals surface area contributed by atoms with Crippen molar-refractivity contribution in [3.05, 3.63) is 35.9 Å². The van der Waals surface area contributed by atoms with Gasteiger partial charge in [0.05, 0.1) is 13.7 Å². The predicted octanol–water partition coefficient (Wildman–Crippen LogP) is 0.312. The summed E-state index contributed by atoms with van der Waals surface area (Å²) in [5.74, 6) is -0.761. The molecule has 20 heavy (non-hydrogen) atoms. The number of esters is 1. The molecule has 0 unspecified atom stereocenters. The molecule has 0 N–H and O–H groups in total. The van der Waals surface area contributed by atoms with Gasteiger partial charge in [-0.15, -0.1) is 0 Å². The molecule has 0 spiro atoms. The zero-order chi connectivity index (χ0) is 14.1. The third-order valence-corrected chi connectivity index (χ3v) is 3.47. The third-order valence-electron chi connectivity index (χ3n) is 3.47. The highest BCUT2D eigenvalue weighted by atomic mass is 16.8. The van der Waals surface area contributed by atoms with Crippen molar-refractivity contribution < 1.29 is 23.8 Å². The van der Waals surface area contributed by atoms with Crippen LogP contribution in [-0.2, 0) is 30.3 Å². The number of fused-ring (bicyclic) bond motifs is 2. The Labute approximate surface area is 116 Å². The van der Waals surface area contributed by atoms with Crippen LogP contribution in [0.15, 0.2) is 30.3 Å². The Balaban J connectivity index is 1.73. The summed E-state index contributed by atoms with van der Waals surface area (Å²) in [7, 11) is 1.29. The van der Waals surface area contributed by atoms with Crippen molar-refractivity contribution in [3.8, 4) is 0 Å². The summed E-state index contributed by atoms with van der Waals surface area (Å²) in [5.41, 5.74) is 1.02. The lowest BCUT2D eigenvalue weighted by Crippen LogP contribution is -2.48. The molecule has 2 aliphatic heterocycles. The Hall–Kier alpha value is -1.92. The molecule has 2 bridgehead atoms. The summed E-state index contributed by atoms with van der Waals surface area (Å²) in [6.07, 6.45) is -2.29. The van der Waals surface area contributed by atoms with Crippen LogP contribution in [0.3, 0.4) is 0 Å². The molecule has 6 nitrogen and oxygen atoms in total. The van der Waals surface area contributed by atoms with E-state index in [9.17, 15) is 9.59 Å². The van der Waals surface area contributed by atoms with E-state index in [4.69, 9.17) is 9.47 Å². The number of carbonyl (C=O) groups is 2. The lowest BCUT2D eigenvalue weighted by Gasteiger charge is -2.30. The molecule has 0 radical (unpaired) electrons. The molecule has 0 saturated carbocycles. The molecule has 1 aromatic carbocycles. The quantitative estimate of drug-likeness (QED) is 0.744. The van der Waals surface area contributed by atoms with E-state index in [1.807, 2.05) is 30.3 Å². The maximum absolute atomic E-state index is 12.2. The maximum atomic E-state index is 12.2. The summed E-state index contributed by atoms with van der Waals surface area (Å²) < 4.78 is 15.4. The van der Waals surface area contributed by atoms with Gasteiger partial charge in [0.25, 0.3) is 5.91 Å². The monoisotopic (exact) mass is 277 g/mol. The second-order valence-corrected chi connectivity index (χ2v) is 4.79. The maximum Gasteiger partial charge on any atom is 0.337 e. The number of rotatable bonds is 3. The van der Waals surface area contributed by atoms with Gasteiger partial charge in [-0.05, 0) is 5.56 Å². The van der Waals surface area contributed by atoms with Crippen molar-refractivity contribution in [2.45, 2.75) is 25.0 Å². The minimum Gasteiger partial charge on any atom is -0.467 e. The van der Waals surface area contributed by atoms with Crippen molar-refractivity contribution >= 4 is 11.9 Å². The summed E-state index contributed by atoms with van der Waals surface area (Å²) in [5, 5.41) is 0. The lowest BCUT2D eigenvalue weighted by molar-refractivity contribution is -0.173. The standard InChI is InChI=1S/C14H15NO5/c1-18-13(17)11-10-8-15(12(16)14(19-10)20-11)7-9-5-3-2-4-6-9/h2-6,10-11,14H,7-8H2,1H3/t10-,11+,14+/m1/s1. The van der Waals surface area contributed by atoms with E-state index in [2.05, 4.69) is 4.74 Å². The van der Waals surface area contributed by atoms with Crippen LogP contribution in [0.1, 0.15) is 5.56 Å². The molecule has 106 valence electrons. The van der Waals surface area contributed by atoms with E-state index in [1.54, 1.807) is 4.90 Å². The average molecular weight is 277 g/mol. The highest BCUT2D eigenvalue weighted by Gasteiger charge is 2.50. The van der Waals surface area contributed by atoms with Crippen molar-refractivity contribution in [1.82, 2.24) is 4.90 Å². The molecular formula is C14H15NO5. The van der Waals surface area contributed by atoms with Crippen molar-refractivity contribution in [2.75, 3.05) is 13.7 Å². The van der Waals surface area contributed by atoms with Gasteiger partial charge in [-0.3, -0.25) is 4.79 Å². The first-order valence-corrected chi connectivity index (χ1v) is 6.40. The number of benzene rings is 1. The summed E-state index contributed by atoms with van der Waals surface area (Å²) >= 11 is 0. The van der Waals surface area contributed by atoms with Gasteiger partial charge in [-0.1, -0.05) is 30.3 Å². The molecule has 0 aromatic heterocycles. The van der Waals surface area contributed by atoms with E-state index in [0.29, 0.717) is 13.1 Å². The SMILES string of the molecule is COC(=O)[C@H]1O[C@@H]2O[C@@H]1CN(Cc1ccccc1)C2=O. The second kappa shape index (κ2) is 5.22. The molecular weight excluding hydrogens is 262 g/mol. The molecule has 2 saturated heterocycles. The van der Waals surface area contributed by atoms with Crippen molar-refractivity contribution in [3.63, 3.8) is 0 Å². The smallest absolute Gasteiger partial charge is 0.337 e. The van der Waals surface area contributed by atoms with Gasteiger partial charge in [-0.2, -0.15) is 0 Å². The largest absolute Gasteiger partial charge is 0.467 e. The number of morpholine rings is 1. The van der Waals surface area contributed by atoms with Crippen LogP contribution >= 0.6 is 0 Å². The molecule has 2 aliphatic rings. The van der Waals surface area contributed by atoms with Crippen LogP contribution in [-0.4, -0.2) is 48.9 Å². The first kappa shape index (κ1) is 13.1. The predicted molar refractivity (Wildman–Crippen MR) is 67.4 cm³/mol. The van der Waals surface area contributed by atoms with Gasteiger partial charge in [0.2, 0.25) is 6.29 Å². The molecule has 2 fully saturated rings. The van der Waals surface area contributed by atoms with E-state index in [-0.39, 0.29) is 5.91 Å². The molecule has 0 aliphatic carbocycles. The fraction of sp³-hybridized carbons (Fsp3) is 0.429. The molecule has 2 heterocycles. The van der Waals surface area contributed by atoms with Gasteiger partial charge in [0.15, 0.2) is 6.10 Å². The van der Waals surface area contributed by atoms with Crippen molar-refractivity contribution in [1.29, 1.82) is 0 Å². The topological polar surface area (TPSA) is 65.1 Å². The zero-order valence-corrected chi connectivity index (χ0v) is 11.0. The van der Waals surface area contributed by atoms with E-state index in [0.717, 1.165) is 5.56 Å². The van der Waals surface area contributed by atoms with Crippen LogP contribution in [0.5, 0.6) is 0 Å². The summed E-state index contributed by atoms with van der Waals surface area (Å²) in [6.45, 7) is 0.803. The number of amides is 1. The number of hydrogen-bond acceptors (Lipinski definition) is 5. The first-order valence-electron chi connectivity index (χ1n) is 6.40. The first-order chi connectivity index (χ1) is 9.69. The van der Waals surface area contributed by atoms with Crippen LogP contribution in [0.4, 0.5) is 0 Å². The number of methoxy groups -OCH3 is 1. The second-order valence-electron chi connectivity index (χ2n) is 4.79. The minimum absolute atomic E-state index is 0.253. The fourth-order valence-electron chi connectivity index (χ4n) is 2.46. The van der Waals surface area contributed by atoms with Gasteiger partial charge in [0.1, 0.15) is 6.10 Å². The van der Waals surface area contributed by atoms with E-state index < -0.39 is 24.5 Å². The zero-order valence-electron chi connectivity index (χ0n) is 11.0. The Morgan fingerprint density at radius 2 is 2.10 bits per heavy atom. The van der Waals surface area contributed by atoms with Gasteiger partial charge < -0.3 is 19.1 Å². The highest BCUT2D eigenvalue weighted by molar-refractivity contribution is 5.83. The number of nitrogens with zero attached hydrogens (tertiary/aromatic N) is 1. The van der Waals surface area contributed by atoms with Crippen LogP contribution in [0.25, 0.3) is 0 Å². The van der Waals surface area contributed by atoms with Gasteiger partial charge in [0, 0.05) is 6.54 Å². The number of ether oxygens (including phenoxy) is 3. The Morgan fingerprint density at radius 1 is 1.35 bits per heavy atom. The molecule has 3 rings (SSSR count). The normalized spacial score (nSPS) is 28.6. The molecule has 1 aromatic rings. The number of hydrogen-bond donors (Lipinski definition) is 0. The van der Waals surface area contributed by atoms with E-state index >= 15 is 0 Å². The third kappa shape index (κ3) is 2.28. The summed E-state index contributed by atoms with van der Waals surface area (Å²) in [6, 6.07) is 9.66. The van der Waals surface area contributed by atoms with E-state index in [1.165, 1.54) is 7.11 Å². The fourth-order valence-corrected chi connectivity index (χ4v) is 2.46. The minimum atomic E-state index is -0.999. The van der Waals surface area contributed by atoms with Crippen LogP contribution in [0, 0.1) is 0 Å². The average Bonchev–Trinajstić information content (AvgIpc) is 2.84. The molecule has 1 amide bonds. The molecule has 6 heteroatoms. The van der Waals surface area contributed by atoms with Crippen LogP contribution in [0.2, 0.25) is 0 Å². The van der Waals surface area contributed by atoms with Gasteiger partial charge >= 0.3 is 5.97 Å². The van der Waals surface area contributed by atoms with Gasteiger partial charge in [-0.25, -0.2) is 4.79 Å². The highest BCUT2D eigenvalue weighted by Crippen LogP contribution is 2.28. The Morgan fingerprint density at radius 3 is 2.80 bits per heavy atom.